The first-order valence-corrected chi connectivity index (χ1v) is 11.8. The van der Waals surface area contributed by atoms with Gasteiger partial charge in [0.15, 0.2) is 0 Å². The molecule has 0 aliphatic carbocycles. The number of aryl methyl sites for hydroxylation is 2. The van der Waals surface area contributed by atoms with Crippen molar-refractivity contribution < 1.29 is 13.2 Å². The number of rotatable bonds is 7. The number of anilines is 1. The van der Waals surface area contributed by atoms with Gasteiger partial charge in [-0.15, -0.1) is 5.10 Å². The Morgan fingerprint density at radius 1 is 1.13 bits per heavy atom. The van der Waals surface area contributed by atoms with Crippen molar-refractivity contribution in [2.45, 2.75) is 36.1 Å². The second-order valence-corrected chi connectivity index (χ2v) is 10.7. The summed E-state index contributed by atoms with van der Waals surface area (Å²) in [7, 11) is -0.678. The first-order valence-electron chi connectivity index (χ1n) is 9.45. The third kappa shape index (κ3) is 5.12. The molecule has 11 heteroatoms. The van der Waals surface area contributed by atoms with Gasteiger partial charge in [0.1, 0.15) is 0 Å². The largest absolute Gasteiger partial charge is 0.325 e. The molecule has 1 atom stereocenters. The van der Waals surface area contributed by atoms with E-state index in [2.05, 4.69) is 20.8 Å². The second kappa shape index (κ2) is 9.16. The lowest BCUT2D eigenvalue weighted by atomic mass is 10.1. The number of sulfonamides is 1. The van der Waals surface area contributed by atoms with Crippen LogP contribution in [0.5, 0.6) is 0 Å². The molecule has 1 heterocycles. The summed E-state index contributed by atoms with van der Waals surface area (Å²) in [5, 5.41) is 14.5. The van der Waals surface area contributed by atoms with E-state index >= 15 is 0 Å². The fourth-order valence-corrected chi connectivity index (χ4v) is 4.43. The van der Waals surface area contributed by atoms with Crippen LogP contribution in [0.25, 0.3) is 5.69 Å². The van der Waals surface area contributed by atoms with E-state index in [1.165, 1.54) is 38.0 Å². The van der Waals surface area contributed by atoms with Crippen LogP contribution in [0.2, 0.25) is 0 Å². The van der Waals surface area contributed by atoms with E-state index in [-0.39, 0.29) is 10.8 Å². The van der Waals surface area contributed by atoms with E-state index in [1.54, 1.807) is 23.7 Å². The second-order valence-electron chi connectivity index (χ2n) is 7.21. The fraction of sp³-hybridized carbons (Fsp3) is 0.300. The number of tetrazole rings is 1. The Morgan fingerprint density at radius 2 is 1.87 bits per heavy atom. The third-order valence-electron chi connectivity index (χ3n) is 4.71. The Labute approximate surface area is 185 Å². The lowest BCUT2D eigenvalue weighted by Crippen LogP contribution is -2.24. The highest BCUT2D eigenvalue weighted by Crippen LogP contribution is 2.25. The van der Waals surface area contributed by atoms with Crippen LogP contribution in [0.4, 0.5) is 5.69 Å². The lowest BCUT2D eigenvalue weighted by molar-refractivity contribution is -0.115. The van der Waals surface area contributed by atoms with Gasteiger partial charge in [-0.3, -0.25) is 4.79 Å². The zero-order chi connectivity index (χ0) is 22.8. The normalized spacial score (nSPS) is 12.7. The molecule has 0 bridgehead atoms. The number of hydrogen-bond acceptors (Lipinski definition) is 7. The van der Waals surface area contributed by atoms with Crippen molar-refractivity contribution in [3.05, 3.63) is 53.6 Å². The number of nitrogens with one attached hydrogen (secondary N) is 1. The number of carbonyl (C=O) groups is 1. The average molecular weight is 461 g/mol. The van der Waals surface area contributed by atoms with E-state index < -0.39 is 15.3 Å². The molecule has 1 amide bonds. The number of carbonyl (C=O) groups excluding carboxylic acids is 1. The van der Waals surface area contributed by atoms with Crippen molar-refractivity contribution in [1.29, 1.82) is 0 Å². The van der Waals surface area contributed by atoms with Crippen molar-refractivity contribution in [2.24, 2.45) is 0 Å². The van der Waals surface area contributed by atoms with Crippen LogP contribution in [0.1, 0.15) is 18.1 Å². The average Bonchev–Trinajstić information content (AvgIpc) is 3.18. The van der Waals surface area contributed by atoms with E-state index in [4.69, 9.17) is 0 Å². The summed E-state index contributed by atoms with van der Waals surface area (Å²) in [6, 6.07) is 12.0. The number of thioether (sulfide) groups is 1. The first kappa shape index (κ1) is 22.9. The summed E-state index contributed by atoms with van der Waals surface area (Å²) in [6.07, 6.45) is 0. The SMILES string of the molecule is Cc1ccc(-n2nnnc2SC(C)C(=O)Nc2cccc(S(=O)(=O)N(C)C)c2)cc1C. The first-order chi connectivity index (χ1) is 14.6. The van der Waals surface area contributed by atoms with E-state index in [0.29, 0.717) is 10.8 Å². The molecule has 9 nitrogen and oxygen atoms in total. The van der Waals surface area contributed by atoms with Crippen molar-refractivity contribution >= 4 is 33.4 Å². The number of amides is 1. The fourth-order valence-electron chi connectivity index (χ4n) is 2.67. The summed E-state index contributed by atoms with van der Waals surface area (Å²) < 4.78 is 27.3. The molecular formula is C20H24N6O3S2. The van der Waals surface area contributed by atoms with Gasteiger partial charge < -0.3 is 5.32 Å². The minimum atomic E-state index is -3.59. The Bertz CT molecular complexity index is 1210. The van der Waals surface area contributed by atoms with Crippen LogP contribution in [0.15, 0.2) is 52.5 Å². The molecule has 31 heavy (non-hydrogen) atoms. The van der Waals surface area contributed by atoms with E-state index in [0.717, 1.165) is 21.1 Å². The van der Waals surface area contributed by atoms with Gasteiger partial charge in [-0.25, -0.2) is 12.7 Å². The third-order valence-corrected chi connectivity index (χ3v) is 7.55. The number of nitrogens with zero attached hydrogens (tertiary/aromatic N) is 5. The topological polar surface area (TPSA) is 110 Å². The molecule has 3 rings (SSSR count). The molecule has 0 aliphatic heterocycles. The summed E-state index contributed by atoms with van der Waals surface area (Å²) in [5.74, 6) is -0.293. The van der Waals surface area contributed by atoms with E-state index in [1.807, 2.05) is 32.0 Å². The molecule has 0 aliphatic rings. The van der Waals surface area contributed by atoms with Gasteiger partial charge in [0, 0.05) is 19.8 Å². The molecule has 2 aromatic carbocycles. The van der Waals surface area contributed by atoms with Crippen LogP contribution in [-0.2, 0) is 14.8 Å². The molecule has 1 aromatic heterocycles. The summed E-state index contributed by atoms with van der Waals surface area (Å²) >= 11 is 1.21. The van der Waals surface area contributed by atoms with Crippen molar-refractivity contribution in [3.63, 3.8) is 0 Å². The molecule has 0 radical (unpaired) electrons. The highest BCUT2D eigenvalue weighted by Gasteiger charge is 2.21. The molecular weight excluding hydrogens is 436 g/mol. The van der Waals surface area contributed by atoms with E-state index in [9.17, 15) is 13.2 Å². The monoisotopic (exact) mass is 460 g/mol. The van der Waals surface area contributed by atoms with Crippen molar-refractivity contribution in [3.8, 4) is 5.69 Å². The molecule has 3 aromatic rings. The molecule has 0 fully saturated rings. The predicted molar refractivity (Wildman–Crippen MR) is 120 cm³/mol. The standard InChI is InChI=1S/C20H24N6O3S2/c1-13-9-10-17(11-14(13)2)26-20(22-23-24-26)30-15(3)19(27)21-16-7-6-8-18(12-16)31(28,29)25(4)5/h6-12,15H,1-5H3,(H,21,27). The van der Waals surface area contributed by atoms with Gasteiger partial charge >= 0.3 is 0 Å². The highest BCUT2D eigenvalue weighted by atomic mass is 32.2. The summed E-state index contributed by atoms with van der Waals surface area (Å²) in [4.78, 5) is 12.8. The molecule has 164 valence electrons. The Balaban J connectivity index is 1.74. The minimum Gasteiger partial charge on any atom is -0.325 e. The van der Waals surface area contributed by atoms with Crippen LogP contribution >= 0.6 is 11.8 Å². The predicted octanol–water partition coefficient (Wildman–Crippen LogP) is 2.65. The van der Waals surface area contributed by atoms with Gasteiger partial charge in [-0.2, -0.15) is 4.68 Å². The maximum atomic E-state index is 12.7. The van der Waals surface area contributed by atoms with Gasteiger partial charge in [0.2, 0.25) is 21.1 Å². The molecule has 0 spiro atoms. The maximum Gasteiger partial charge on any atom is 0.242 e. The Hall–Kier alpha value is -2.76. The summed E-state index contributed by atoms with van der Waals surface area (Å²) in [6.45, 7) is 5.77. The minimum absolute atomic E-state index is 0.106. The zero-order valence-corrected chi connectivity index (χ0v) is 19.5. The van der Waals surface area contributed by atoms with Gasteiger partial charge in [0.25, 0.3) is 0 Å². The van der Waals surface area contributed by atoms with Gasteiger partial charge in [-0.1, -0.05) is 23.9 Å². The number of benzene rings is 2. The van der Waals surface area contributed by atoms with Crippen LogP contribution < -0.4 is 5.32 Å². The maximum absolute atomic E-state index is 12.7. The number of aromatic nitrogens is 4. The van der Waals surface area contributed by atoms with Crippen LogP contribution in [0.3, 0.4) is 0 Å². The van der Waals surface area contributed by atoms with Crippen LogP contribution in [-0.4, -0.2) is 58.2 Å². The molecule has 1 N–H and O–H groups in total. The molecule has 1 unspecified atom stereocenters. The summed E-state index contributed by atoms with van der Waals surface area (Å²) in [5.41, 5.74) is 3.48. The van der Waals surface area contributed by atoms with Gasteiger partial charge in [-0.05, 0) is 72.7 Å². The quantitative estimate of drug-likeness (QED) is 0.540. The molecule has 0 saturated carbocycles. The molecule has 0 saturated heterocycles. The van der Waals surface area contributed by atoms with Crippen LogP contribution in [0, 0.1) is 13.8 Å². The number of hydrogen-bond donors (Lipinski definition) is 1. The van der Waals surface area contributed by atoms with Gasteiger partial charge in [0.05, 0.1) is 15.8 Å². The highest BCUT2D eigenvalue weighted by molar-refractivity contribution is 8.00. The van der Waals surface area contributed by atoms with Crippen molar-refractivity contribution in [1.82, 2.24) is 24.5 Å². The smallest absolute Gasteiger partial charge is 0.242 e. The Morgan fingerprint density at radius 3 is 2.55 bits per heavy atom. The Kier molecular flexibility index (Phi) is 6.77. The lowest BCUT2D eigenvalue weighted by Gasteiger charge is -2.14. The zero-order valence-electron chi connectivity index (χ0n) is 17.9. The van der Waals surface area contributed by atoms with Crippen molar-refractivity contribution in [2.75, 3.05) is 19.4 Å².